The van der Waals surface area contributed by atoms with E-state index in [9.17, 15) is 4.79 Å². The Morgan fingerprint density at radius 1 is 0.865 bits per heavy atom. The standard InChI is InChI=1S/C42H46N4O4S.ClH/c1-30(2)36-10-12-37(13-11-36)48-22-17-33-5-7-34(8-6-33)27-45-18-20-46(21-19-45)41(47)16-9-35-23-31(3)42(32(4)24-35)50-40-15-14-38(25-44-40)49-28-39-26-43-29-51-39;/h5-16,23-26,29-30H,17-22,27-28H2,1-4H3;1H/b16-9+;. The summed E-state index contributed by atoms with van der Waals surface area (Å²) in [5.74, 6) is 3.39. The fourth-order valence-electron chi connectivity index (χ4n) is 6.03. The molecular weight excluding hydrogens is 692 g/mol. The first kappa shape index (κ1) is 38.5. The van der Waals surface area contributed by atoms with Crippen molar-refractivity contribution in [3.05, 3.63) is 135 Å². The van der Waals surface area contributed by atoms with E-state index in [-0.39, 0.29) is 18.3 Å². The van der Waals surface area contributed by atoms with Crippen LogP contribution in [0.5, 0.6) is 23.1 Å². The zero-order valence-electron chi connectivity index (χ0n) is 30.3. The fourth-order valence-corrected chi connectivity index (χ4v) is 6.54. The highest BCUT2D eigenvalue weighted by molar-refractivity contribution is 7.09. The number of nitrogens with zero attached hydrogens (tertiary/aromatic N) is 4. The summed E-state index contributed by atoms with van der Waals surface area (Å²) in [5.41, 5.74) is 8.56. The fraction of sp³-hybridized carbons (Fsp3) is 0.310. The van der Waals surface area contributed by atoms with Gasteiger partial charge in [-0.3, -0.25) is 14.7 Å². The molecule has 272 valence electrons. The molecule has 8 nitrogen and oxygen atoms in total. The molecule has 1 aliphatic rings. The molecule has 3 heterocycles. The van der Waals surface area contributed by atoms with Crippen molar-refractivity contribution in [2.24, 2.45) is 0 Å². The predicted molar refractivity (Wildman–Crippen MR) is 211 cm³/mol. The van der Waals surface area contributed by atoms with Gasteiger partial charge in [-0.15, -0.1) is 23.7 Å². The Kier molecular flexibility index (Phi) is 13.8. The normalized spacial score (nSPS) is 13.3. The molecule has 2 aromatic heterocycles. The van der Waals surface area contributed by atoms with E-state index in [4.69, 9.17) is 14.2 Å². The summed E-state index contributed by atoms with van der Waals surface area (Å²) in [4.78, 5) is 27.0. The van der Waals surface area contributed by atoms with Crippen LogP contribution in [0.15, 0.2) is 96.8 Å². The SMILES string of the molecule is Cc1cc(/C=C/C(=O)N2CCN(Cc3ccc(CCOc4ccc(C(C)C)cc4)cc3)CC2)cc(C)c1Oc1ccc(OCc2cncs2)cn1.Cl. The minimum absolute atomic E-state index is 0. The molecule has 5 aromatic rings. The van der Waals surface area contributed by atoms with Crippen LogP contribution in [0.3, 0.4) is 0 Å². The second kappa shape index (κ2) is 18.7. The van der Waals surface area contributed by atoms with Crippen LogP contribution in [-0.2, 0) is 24.4 Å². The number of aromatic nitrogens is 2. The molecule has 3 aromatic carbocycles. The van der Waals surface area contributed by atoms with Crippen LogP contribution in [-0.4, -0.2) is 58.5 Å². The highest BCUT2D eigenvalue weighted by Gasteiger charge is 2.20. The molecule has 0 aliphatic carbocycles. The number of carbonyl (C=O) groups is 1. The Labute approximate surface area is 317 Å². The summed E-state index contributed by atoms with van der Waals surface area (Å²) in [7, 11) is 0. The van der Waals surface area contributed by atoms with E-state index in [0.29, 0.717) is 43.9 Å². The van der Waals surface area contributed by atoms with E-state index in [1.54, 1.807) is 41.4 Å². The average Bonchev–Trinajstić information content (AvgIpc) is 3.67. The molecule has 0 saturated carbocycles. The van der Waals surface area contributed by atoms with Crippen LogP contribution in [0.2, 0.25) is 0 Å². The summed E-state index contributed by atoms with van der Waals surface area (Å²) in [6.45, 7) is 13.5. The number of hydrogen-bond donors (Lipinski definition) is 0. The van der Waals surface area contributed by atoms with Crippen LogP contribution in [0.1, 0.15) is 58.0 Å². The van der Waals surface area contributed by atoms with E-state index >= 15 is 0 Å². The van der Waals surface area contributed by atoms with Gasteiger partial charge in [-0.25, -0.2) is 4.98 Å². The zero-order chi connectivity index (χ0) is 35.6. The lowest BCUT2D eigenvalue weighted by Gasteiger charge is -2.34. The Hall–Kier alpha value is -4.70. The number of piperazine rings is 1. The maximum absolute atomic E-state index is 13.1. The molecule has 0 atom stereocenters. The van der Waals surface area contributed by atoms with Crippen LogP contribution in [0.25, 0.3) is 6.08 Å². The first-order valence-electron chi connectivity index (χ1n) is 17.5. The van der Waals surface area contributed by atoms with E-state index < -0.39 is 0 Å². The number of hydrogen-bond acceptors (Lipinski definition) is 8. The number of thiazole rings is 1. The first-order chi connectivity index (χ1) is 24.8. The van der Waals surface area contributed by atoms with Crippen LogP contribution in [0, 0.1) is 13.8 Å². The summed E-state index contributed by atoms with van der Waals surface area (Å²) < 4.78 is 17.9. The number of rotatable bonds is 14. The second-order valence-corrected chi connectivity index (χ2v) is 14.2. The number of pyridine rings is 1. The Morgan fingerprint density at radius 2 is 1.56 bits per heavy atom. The number of ether oxygens (including phenoxy) is 3. The molecule has 1 fully saturated rings. The van der Waals surface area contributed by atoms with Crippen molar-refractivity contribution in [2.75, 3.05) is 32.8 Å². The van der Waals surface area contributed by atoms with Gasteiger partial charge in [0.05, 0.1) is 23.2 Å². The molecule has 0 N–H and O–H groups in total. The summed E-state index contributed by atoms with van der Waals surface area (Å²) in [6.07, 6.45) is 7.90. The second-order valence-electron chi connectivity index (χ2n) is 13.2. The largest absolute Gasteiger partial charge is 0.493 e. The van der Waals surface area contributed by atoms with Crippen molar-refractivity contribution in [3.63, 3.8) is 0 Å². The molecule has 1 amide bonds. The molecule has 1 aliphatic heterocycles. The lowest BCUT2D eigenvalue weighted by Crippen LogP contribution is -2.47. The number of halogens is 1. The lowest BCUT2D eigenvalue weighted by atomic mass is 10.0. The topological polar surface area (TPSA) is 77.0 Å². The van der Waals surface area contributed by atoms with Crippen molar-refractivity contribution in [2.45, 2.75) is 53.2 Å². The van der Waals surface area contributed by atoms with Crippen molar-refractivity contribution in [1.29, 1.82) is 0 Å². The summed E-state index contributed by atoms with van der Waals surface area (Å²) >= 11 is 1.55. The van der Waals surface area contributed by atoms with Gasteiger partial charge in [0.2, 0.25) is 11.8 Å². The molecule has 0 spiro atoms. The Balaban J connectivity index is 0.00000523. The maximum atomic E-state index is 13.1. The Bertz CT molecular complexity index is 1870. The van der Waals surface area contributed by atoms with E-state index in [1.165, 1.54) is 16.7 Å². The van der Waals surface area contributed by atoms with Gasteiger partial charge in [-0.05, 0) is 89.6 Å². The predicted octanol–water partition coefficient (Wildman–Crippen LogP) is 9.05. The maximum Gasteiger partial charge on any atom is 0.246 e. The summed E-state index contributed by atoms with van der Waals surface area (Å²) in [5, 5.41) is 0. The van der Waals surface area contributed by atoms with Gasteiger partial charge in [0.1, 0.15) is 23.9 Å². The molecule has 0 bridgehead atoms. The lowest BCUT2D eigenvalue weighted by molar-refractivity contribution is -0.127. The summed E-state index contributed by atoms with van der Waals surface area (Å²) in [6, 6.07) is 24.9. The highest BCUT2D eigenvalue weighted by Crippen LogP contribution is 2.30. The van der Waals surface area contributed by atoms with E-state index in [1.807, 2.05) is 43.0 Å². The van der Waals surface area contributed by atoms with Gasteiger partial charge in [-0.2, -0.15) is 0 Å². The smallest absolute Gasteiger partial charge is 0.246 e. The molecule has 0 unspecified atom stereocenters. The average molecular weight is 739 g/mol. The van der Waals surface area contributed by atoms with Crippen LogP contribution in [0.4, 0.5) is 0 Å². The van der Waals surface area contributed by atoms with Crippen molar-refractivity contribution >= 4 is 35.7 Å². The van der Waals surface area contributed by atoms with E-state index in [2.05, 4.69) is 77.2 Å². The van der Waals surface area contributed by atoms with Gasteiger partial charge in [0.15, 0.2) is 0 Å². The molecule has 10 heteroatoms. The molecular formula is C42H47ClN4O4S. The highest BCUT2D eigenvalue weighted by atomic mass is 35.5. The number of benzene rings is 3. The van der Waals surface area contributed by atoms with Crippen LogP contribution >= 0.6 is 23.7 Å². The van der Waals surface area contributed by atoms with Crippen molar-refractivity contribution < 1.29 is 19.0 Å². The number of aryl methyl sites for hydroxylation is 2. The van der Waals surface area contributed by atoms with Gasteiger partial charge in [0, 0.05) is 57.5 Å². The first-order valence-corrected chi connectivity index (χ1v) is 18.4. The molecule has 0 radical (unpaired) electrons. The monoisotopic (exact) mass is 738 g/mol. The molecule has 52 heavy (non-hydrogen) atoms. The third kappa shape index (κ3) is 10.9. The molecule has 1 saturated heterocycles. The molecule has 6 rings (SSSR count). The zero-order valence-corrected chi connectivity index (χ0v) is 31.9. The third-order valence-electron chi connectivity index (χ3n) is 9.00. The minimum atomic E-state index is 0. The van der Waals surface area contributed by atoms with Crippen molar-refractivity contribution in [1.82, 2.24) is 19.8 Å². The quantitative estimate of drug-likeness (QED) is 0.105. The van der Waals surface area contributed by atoms with Crippen molar-refractivity contribution in [3.8, 4) is 23.1 Å². The van der Waals surface area contributed by atoms with Gasteiger partial charge >= 0.3 is 0 Å². The number of amides is 1. The van der Waals surface area contributed by atoms with Gasteiger partial charge in [-0.1, -0.05) is 50.2 Å². The number of carbonyl (C=O) groups excluding carboxylic acids is 1. The van der Waals surface area contributed by atoms with Gasteiger partial charge < -0.3 is 19.1 Å². The van der Waals surface area contributed by atoms with E-state index in [0.717, 1.165) is 59.1 Å². The minimum Gasteiger partial charge on any atom is -0.493 e. The van der Waals surface area contributed by atoms with Gasteiger partial charge in [0.25, 0.3) is 0 Å². The Morgan fingerprint density at radius 3 is 2.19 bits per heavy atom. The van der Waals surface area contributed by atoms with Crippen LogP contribution < -0.4 is 14.2 Å². The third-order valence-corrected chi connectivity index (χ3v) is 9.75.